The van der Waals surface area contributed by atoms with Gasteiger partial charge in [0.15, 0.2) is 12.2 Å². The molecule has 20 heteroatoms. The normalized spacial score (nSPS) is 26.7. The van der Waals surface area contributed by atoms with Crippen LogP contribution in [0.2, 0.25) is 5.02 Å². The van der Waals surface area contributed by atoms with Gasteiger partial charge in [-0.2, -0.15) is 13.8 Å². The number of carbonyl (C=O) groups excluding carboxylic acids is 1. The average molecular weight is 750 g/mol. The molecule has 2 aromatic carbocycles. The number of alkyl halides is 2. The molecule has 2 saturated heterocycles. The molecule has 2 aliphatic heterocycles. The molecular weight excluding hydrogens is 718 g/mol. The van der Waals surface area contributed by atoms with Gasteiger partial charge >= 0.3 is 33.2 Å². The molecule has 49 heavy (non-hydrogen) atoms. The summed E-state index contributed by atoms with van der Waals surface area (Å²) in [5.41, 5.74) is -0.634. The maximum Gasteiger partial charge on any atom is 0.530 e. The van der Waals surface area contributed by atoms with E-state index in [1.54, 1.807) is 49.4 Å². The standard InChI is InChI=1S/C29H32ClF2N3O12P2/c1-3-41-26(37)18(2)45-49(40,46-21-10-5-4-6-11-21)43-17-23-25(36)29(31,32)27(44-23)35-14-12-24(33-28(35)38)34-48(39)42-15-13-22(47-48)19-8-7-9-20(30)16-19/h4-12,14,16,18,22-23,25,27,36H,3,13,15,17H2,1-2H3,(H,33,34,38,39)/t18-,22?,23+,25?,27+,48?,49?/m0/s1. The molecule has 266 valence electrons. The molecular formula is C29H32ClF2N3O12P2. The number of para-hydroxylation sites is 1. The van der Waals surface area contributed by atoms with Crippen LogP contribution < -0.4 is 15.3 Å². The first-order valence-electron chi connectivity index (χ1n) is 14.8. The molecule has 0 saturated carbocycles. The molecule has 0 spiro atoms. The number of aromatic nitrogens is 2. The van der Waals surface area contributed by atoms with Crippen LogP contribution in [-0.2, 0) is 41.5 Å². The molecule has 0 aliphatic carbocycles. The number of aliphatic hydroxyl groups excluding tert-OH is 1. The number of hydrogen-bond acceptors (Lipinski definition) is 13. The van der Waals surface area contributed by atoms with Crippen LogP contribution in [0.15, 0.2) is 71.7 Å². The van der Waals surface area contributed by atoms with Gasteiger partial charge in [-0.1, -0.05) is 41.9 Å². The quantitative estimate of drug-likeness (QED) is 0.161. The summed E-state index contributed by atoms with van der Waals surface area (Å²) in [6, 6.07) is 15.3. The van der Waals surface area contributed by atoms with Gasteiger partial charge in [0.25, 0.3) is 0 Å². The van der Waals surface area contributed by atoms with Crippen LogP contribution in [0.5, 0.6) is 5.75 Å². The Morgan fingerprint density at radius 3 is 2.69 bits per heavy atom. The van der Waals surface area contributed by atoms with Crippen molar-refractivity contribution >= 4 is 39.0 Å². The molecule has 2 N–H and O–H groups in total. The summed E-state index contributed by atoms with van der Waals surface area (Å²) in [5.74, 6) is -5.31. The van der Waals surface area contributed by atoms with E-state index >= 15 is 8.78 Å². The van der Waals surface area contributed by atoms with Gasteiger partial charge in [-0.25, -0.2) is 18.7 Å². The lowest BCUT2D eigenvalue weighted by molar-refractivity contribution is -0.151. The van der Waals surface area contributed by atoms with Gasteiger partial charge in [0.2, 0.25) is 6.23 Å². The number of nitrogens with one attached hydrogen (secondary N) is 1. The van der Waals surface area contributed by atoms with Gasteiger partial charge < -0.3 is 19.1 Å². The van der Waals surface area contributed by atoms with E-state index in [0.717, 1.165) is 12.3 Å². The lowest BCUT2D eigenvalue weighted by Crippen LogP contribution is -2.42. The predicted octanol–water partition coefficient (Wildman–Crippen LogP) is 5.66. The highest BCUT2D eigenvalue weighted by Gasteiger charge is 2.60. The summed E-state index contributed by atoms with van der Waals surface area (Å²) in [6.45, 7) is 1.79. The second-order valence-corrected chi connectivity index (χ2v) is 14.3. The van der Waals surface area contributed by atoms with Crippen molar-refractivity contribution in [1.29, 1.82) is 0 Å². The van der Waals surface area contributed by atoms with E-state index in [4.69, 9.17) is 43.7 Å². The van der Waals surface area contributed by atoms with Crippen molar-refractivity contribution in [1.82, 2.24) is 9.55 Å². The molecule has 3 aromatic rings. The van der Waals surface area contributed by atoms with Crippen LogP contribution in [0.3, 0.4) is 0 Å². The Morgan fingerprint density at radius 1 is 1.24 bits per heavy atom. The number of anilines is 1. The van der Waals surface area contributed by atoms with Gasteiger partial charge in [-0.3, -0.25) is 27.7 Å². The monoisotopic (exact) mass is 749 g/mol. The Balaban J connectivity index is 1.28. The van der Waals surface area contributed by atoms with Crippen LogP contribution in [0.25, 0.3) is 0 Å². The van der Waals surface area contributed by atoms with Crippen LogP contribution in [0.4, 0.5) is 14.6 Å². The zero-order valence-corrected chi connectivity index (χ0v) is 28.5. The first kappa shape index (κ1) is 37.0. The third kappa shape index (κ3) is 8.92. The van der Waals surface area contributed by atoms with E-state index in [1.807, 2.05) is 0 Å². The third-order valence-corrected chi connectivity index (χ3v) is 10.4. The van der Waals surface area contributed by atoms with Crippen LogP contribution in [0, 0.1) is 0 Å². The summed E-state index contributed by atoms with van der Waals surface area (Å²) in [7, 11) is -8.81. The summed E-state index contributed by atoms with van der Waals surface area (Å²) >= 11 is 6.05. The number of nitrogens with zero attached hydrogens (tertiary/aromatic N) is 2. The van der Waals surface area contributed by atoms with E-state index in [-0.39, 0.29) is 24.8 Å². The minimum Gasteiger partial charge on any atom is -0.464 e. The van der Waals surface area contributed by atoms with Crippen LogP contribution in [-0.4, -0.2) is 64.7 Å². The Hall–Kier alpha value is -3.24. The van der Waals surface area contributed by atoms with Gasteiger partial charge in [0.1, 0.15) is 17.7 Å². The topological polar surface area (TPSA) is 183 Å². The van der Waals surface area contributed by atoms with Gasteiger partial charge in [-0.15, -0.1) is 0 Å². The van der Waals surface area contributed by atoms with E-state index in [9.17, 15) is 23.8 Å². The molecule has 4 unspecified atom stereocenters. The predicted molar refractivity (Wildman–Crippen MR) is 168 cm³/mol. The molecule has 0 amide bonds. The Labute approximate surface area is 283 Å². The van der Waals surface area contributed by atoms with E-state index in [0.29, 0.717) is 21.6 Å². The van der Waals surface area contributed by atoms with E-state index in [1.165, 1.54) is 19.1 Å². The molecule has 2 aliphatic rings. The summed E-state index contributed by atoms with van der Waals surface area (Å²) in [4.78, 5) is 28.7. The van der Waals surface area contributed by atoms with Crippen molar-refractivity contribution < 1.29 is 59.9 Å². The SMILES string of the molecule is CCOC(=O)[C@H](C)OP(=O)(OC[C@H]1O[C@@H](n2ccc(NP3(=O)OCCC(c4cccc(Cl)c4)O3)nc2=O)C(F)(F)C1O)Oc1ccccc1. The number of phosphoric ester groups is 1. The van der Waals surface area contributed by atoms with Crippen LogP contribution in [0.1, 0.15) is 38.2 Å². The van der Waals surface area contributed by atoms with Crippen molar-refractivity contribution in [3.8, 4) is 5.75 Å². The maximum atomic E-state index is 15.3. The lowest BCUT2D eigenvalue weighted by atomic mass is 10.1. The second-order valence-electron chi connectivity index (χ2n) is 10.7. The fourth-order valence-electron chi connectivity index (χ4n) is 4.77. The highest BCUT2D eigenvalue weighted by molar-refractivity contribution is 7.55. The first-order valence-corrected chi connectivity index (χ1v) is 18.2. The zero-order chi connectivity index (χ0) is 35.4. The number of ether oxygens (including phenoxy) is 2. The molecule has 7 atom stereocenters. The van der Waals surface area contributed by atoms with Crippen LogP contribution >= 0.6 is 27.2 Å². The Morgan fingerprint density at radius 2 is 2.00 bits per heavy atom. The Bertz CT molecular complexity index is 1790. The zero-order valence-electron chi connectivity index (χ0n) is 25.9. The smallest absolute Gasteiger partial charge is 0.464 e. The summed E-state index contributed by atoms with van der Waals surface area (Å²) in [5, 5.41) is 13.3. The number of hydrogen-bond donors (Lipinski definition) is 2. The molecule has 0 bridgehead atoms. The lowest BCUT2D eigenvalue weighted by Gasteiger charge is -2.30. The molecule has 15 nitrogen and oxygen atoms in total. The minimum atomic E-state index is -4.74. The second kappa shape index (κ2) is 15.3. The fourth-order valence-corrected chi connectivity index (χ4v) is 7.80. The number of rotatable bonds is 13. The maximum absolute atomic E-state index is 15.3. The largest absolute Gasteiger partial charge is 0.530 e. The van der Waals surface area contributed by atoms with E-state index in [2.05, 4.69) is 10.1 Å². The highest BCUT2D eigenvalue weighted by Crippen LogP contribution is 2.55. The molecule has 1 aromatic heterocycles. The number of benzene rings is 2. The number of halogens is 3. The van der Waals surface area contributed by atoms with Crippen molar-refractivity contribution in [2.45, 2.75) is 56.8 Å². The Kier molecular flexibility index (Phi) is 11.6. The third-order valence-electron chi connectivity index (χ3n) is 7.10. The van der Waals surface area contributed by atoms with Crippen molar-refractivity contribution in [3.05, 3.63) is 87.9 Å². The number of carbonyl (C=O) groups is 1. The first-order chi connectivity index (χ1) is 23.2. The fraction of sp³-hybridized carbons (Fsp3) is 0.414. The van der Waals surface area contributed by atoms with E-state index < -0.39 is 70.4 Å². The summed E-state index contributed by atoms with van der Waals surface area (Å²) in [6.07, 6.45) is -7.73. The van der Waals surface area contributed by atoms with Gasteiger partial charge in [0, 0.05) is 17.6 Å². The molecule has 3 heterocycles. The van der Waals surface area contributed by atoms with Crippen molar-refractivity contribution in [2.24, 2.45) is 0 Å². The molecule has 2 fully saturated rings. The highest BCUT2D eigenvalue weighted by atomic mass is 35.5. The molecule has 5 rings (SSSR count). The summed E-state index contributed by atoms with van der Waals surface area (Å²) < 4.78 is 94.9. The van der Waals surface area contributed by atoms with Gasteiger partial charge in [-0.05, 0) is 49.7 Å². The minimum absolute atomic E-state index is 0.00404. The number of phosphoric acid groups is 1. The van der Waals surface area contributed by atoms with Gasteiger partial charge in [0.05, 0.1) is 25.9 Å². The number of esters is 1. The molecule has 0 radical (unpaired) electrons. The van der Waals surface area contributed by atoms with Crippen molar-refractivity contribution in [2.75, 3.05) is 24.9 Å². The average Bonchev–Trinajstić information content (AvgIpc) is 3.27. The van der Waals surface area contributed by atoms with Crippen molar-refractivity contribution in [3.63, 3.8) is 0 Å². The number of aliphatic hydroxyl groups is 1.